The summed E-state index contributed by atoms with van der Waals surface area (Å²) in [6, 6.07) is 8.11. The van der Waals surface area contributed by atoms with Crippen molar-refractivity contribution in [3.8, 4) is 0 Å². The molecule has 0 saturated heterocycles. The maximum atomic E-state index is 10.9. The van der Waals surface area contributed by atoms with E-state index in [1.807, 2.05) is 12.1 Å². The van der Waals surface area contributed by atoms with Gasteiger partial charge in [-0.2, -0.15) is 0 Å². The monoisotopic (exact) mass is 315 g/mol. The molecule has 2 N–H and O–H groups in total. The summed E-state index contributed by atoms with van der Waals surface area (Å²) in [6.07, 6.45) is 0.224. The maximum Gasteiger partial charge on any atom is 0.308 e. The Hall–Kier alpha value is -0.910. The third-order valence-corrected chi connectivity index (χ3v) is 3.04. The van der Waals surface area contributed by atoms with Crippen LogP contribution in [0.1, 0.15) is 12.0 Å². The van der Waals surface area contributed by atoms with Gasteiger partial charge >= 0.3 is 5.97 Å². The zero-order valence-electron chi connectivity index (χ0n) is 10.4. The molecule has 0 spiro atoms. The Morgan fingerprint density at radius 1 is 1.44 bits per heavy atom. The van der Waals surface area contributed by atoms with Gasteiger partial charge in [0.25, 0.3) is 0 Å². The second-order valence-electron chi connectivity index (χ2n) is 4.01. The number of rotatable bonds is 7. The second-order valence-corrected chi connectivity index (χ2v) is 4.93. The molecule has 0 heterocycles. The summed E-state index contributed by atoms with van der Waals surface area (Å²) < 4.78 is 5.54. The van der Waals surface area contributed by atoms with Gasteiger partial charge < -0.3 is 15.2 Å². The molecule has 0 aliphatic rings. The van der Waals surface area contributed by atoms with Gasteiger partial charge in [-0.25, -0.2) is 0 Å². The lowest BCUT2D eigenvalue weighted by molar-refractivity contribution is -0.142. The molecule has 18 heavy (non-hydrogen) atoms. The first-order valence-electron chi connectivity index (χ1n) is 5.82. The number of carbonyl (C=O) groups excluding carboxylic acids is 1. The predicted octanol–water partition coefficient (Wildman–Crippen LogP) is 1.51. The molecule has 0 radical (unpaired) electrons. The molecule has 0 fully saturated rings. The second kappa shape index (κ2) is 8.24. The number of aliphatic hydroxyl groups excluding tert-OH is 1. The normalized spacial score (nSPS) is 12.2. The molecular weight excluding hydrogens is 298 g/mol. The Balaban J connectivity index is 2.14. The third-order valence-electron chi connectivity index (χ3n) is 2.51. The highest BCUT2D eigenvalue weighted by Gasteiger charge is 2.09. The number of aliphatic hydroxyl groups is 1. The van der Waals surface area contributed by atoms with Crippen molar-refractivity contribution in [3.05, 3.63) is 34.3 Å². The van der Waals surface area contributed by atoms with E-state index >= 15 is 0 Å². The lowest BCUT2D eigenvalue weighted by Crippen LogP contribution is -2.30. The molecule has 1 atom stereocenters. The highest BCUT2D eigenvalue weighted by Crippen LogP contribution is 2.10. The molecule has 1 rings (SSSR count). The summed E-state index contributed by atoms with van der Waals surface area (Å²) in [5, 5.41) is 12.6. The van der Waals surface area contributed by atoms with E-state index in [1.54, 1.807) is 0 Å². The van der Waals surface area contributed by atoms with Crippen molar-refractivity contribution in [1.82, 2.24) is 5.32 Å². The van der Waals surface area contributed by atoms with Crippen LogP contribution in [0, 0.1) is 0 Å². The molecule has 0 aliphatic heterocycles. The third kappa shape index (κ3) is 6.14. The van der Waals surface area contributed by atoms with E-state index in [9.17, 15) is 9.90 Å². The van der Waals surface area contributed by atoms with Crippen LogP contribution in [-0.2, 0) is 16.0 Å². The van der Waals surface area contributed by atoms with Crippen LogP contribution in [0.2, 0.25) is 0 Å². The number of hydrogen-bond acceptors (Lipinski definition) is 4. The average molecular weight is 316 g/mol. The quantitative estimate of drug-likeness (QED) is 0.591. The zero-order valence-corrected chi connectivity index (χ0v) is 11.9. The molecular formula is C13H18BrNO3. The zero-order chi connectivity index (χ0) is 13.4. The SMILES string of the molecule is COC(=O)CC(O)CNCCc1ccc(Br)cc1. The van der Waals surface area contributed by atoms with Crippen molar-refractivity contribution < 1.29 is 14.6 Å². The fourth-order valence-corrected chi connectivity index (χ4v) is 1.76. The molecule has 4 nitrogen and oxygen atoms in total. The van der Waals surface area contributed by atoms with E-state index in [-0.39, 0.29) is 6.42 Å². The number of hydrogen-bond donors (Lipinski definition) is 2. The minimum absolute atomic E-state index is 0.0295. The summed E-state index contributed by atoms with van der Waals surface area (Å²) in [4.78, 5) is 10.9. The van der Waals surface area contributed by atoms with E-state index in [4.69, 9.17) is 0 Å². The van der Waals surface area contributed by atoms with Crippen LogP contribution in [-0.4, -0.2) is 37.4 Å². The molecule has 5 heteroatoms. The molecule has 0 amide bonds. The van der Waals surface area contributed by atoms with Gasteiger partial charge in [-0.15, -0.1) is 0 Å². The highest BCUT2D eigenvalue weighted by atomic mass is 79.9. The molecule has 0 aromatic heterocycles. The average Bonchev–Trinajstić information content (AvgIpc) is 2.36. The Morgan fingerprint density at radius 3 is 2.72 bits per heavy atom. The molecule has 1 unspecified atom stereocenters. The van der Waals surface area contributed by atoms with Gasteiger partial charge in [0.2, 0.25) is 0 Å². The Morgan fingerprint density at radius 2 is 2.11 bits per heavy atom. The number of ether oxygens (including phenoxy) is 1. The summed E-state index contributed by atoms with van der Waals surface area (Å²) in [5.41, 5.74) is 1.23. The van der Waals surface area contributed by atoms with Crippen molar-refractivity contribution in [3.63, 3.8) is 0 Å². The summed E-state index contributed by atoms with van der Waals surface area (Å²) in [5.74, 6) is -0.391. The number of nitrogens with one attached hydrogen (secondary N) is 1. The Bertz CT molecular complexity index is 367. The lowest BCUT2D eigenvalue weighted by Gasteiger charge is -2.10. The molecule has 0 saturated carbocycles. The molecule has 1 aromatic carbocycles. The van der Waals surface area contributed by atoms with Gasteiger partial charge in [-0.3, -0.25) is 4.79 Å². The van der Waals surface area contributed by atoms with Crippen LogP contribution in [0.4, 0.5) is 0 Å². The lowest BCUT2D eigenvalue weighted by atomic mass is 10.1. The van der Waals surface area contributed by atoms with Crippen molar-refractivity contribution in [1.29, 1.82) is 0 Å². The number of methoxy groups -OCH3 is 1. The standard InChI is InChI=1S/C13H18BrNO3/c1-18-13(17)8-12(16)9-15-7-6-10-2-4-11(14)5-3-10/h2-5,12,15-16H,6-9H2,1H3. The highest BCUT2D eigenvalue weighted by molar-refractivity contribution is 9.10. The van der Waals surface area contributed by atoms with Crippen molar-refractivity contribution in [2.24, 2.45) is 0 Å². The van der Waals surface area contributed by atoms with E-state index in [1.165, 1.54) is 12.7 Å². The summed E-state index contributed by atoms with van der Waals surface area (Å²) in [6.45, 7) is 1.16. The van der Waals surface area contributed by atoms with Gasteiger partial charge in [0, 0.05) is 11.0 Å². The van der Waals surface area contributed by atoms with Crippen molar-refractivity contribution in [2.75, 3.05) is 20.2 Å². The topological polar surface area (TPSA) is 58.6 Å². The molecule has 100 valence electrons. The minimum Gasteiger partial charge on any atom is -0.469 e. The van der Waals surface area contributed by atoms with E-state index < -0.39 is 12.1 Å². The van der Waals surface area contributed by atoms with Gasteiger partial charge in [0.15, 0.2) is 0 Å². The van der Waals surface area contributed by atoms with E-state index in [0.717, 1.165) is 17.4 Å². The summed E-state index contributed by atoms with van der Waals surface area (Å²) >= 11 is 3.38. The first kappa shape index (κ1) is 15.1. The predicted molar refractivity (Wildman–Crippen MR) is 73.4 cm³/mol. The largest absolute Gasteiger partial charge is 0.469 e. The number of carbonyl (C=O) groups is 1. The summed E-state index contributed by atoms with van der Waals surface area (Å²) in [7, 11) is 1.32. The van der Waals surface area contributed by atoms with Crippen LogP contribution in [0.15, 0.2) is 28.7 Å². The maximum absolute atomic E-state index is 10.9. The fraction of sp³-hybridized carbons (Fsp3) is 0.462. The first-order chi connectivity index (χ1) is 8.61. The van der Waals surface area contributed by atoms with Crippen LogP contribution in [0.25, 0.3) is 0 Å². The van der Waals surface area contributed by atoms with Crippen LogP contribution >= 0.6 is 15.9 Å². The van der Waals surface area contributed by atoms with Gasteiger partial charge in [0.05, 0.1) is 19.6 Å². The molecule has 1 aromatic rings. The van der Waals surface area contributed by atoms with Crippen molar-refractivity contribution >= 4 is 21.9 Å². The minimum atomic E-state index is -0.692. The van der Waals surface area contributed by atoms with Gasteiger partial charge in [-0.05, 0) is 30.7 Å². The van der Waals surface area contributed by atoms with Crippen LogP contribution < -0.4 is 5.32 Å². The molecule has 0 bridgehead atoms. The first-order valence-corrected chi connectivity index (χ1v) is 6.61. The Labute approximate surface area is 115 Å². The number of halogens is 1. The smallest absolute Gasteiger partial charge is 0.308 e. The number of benzene rings is 1. The number of esters is 1. The molecule has 0 aliphatic carbocycles. The van der Waals surface area contributed by atoms with Gasteiger partial charge in [0.1, 0.15) is 0 Å². The fourth-order valence-electron chi connectivity index (χ4n) is 1.50. The Kier molecular flexibility index (Phi) is 6.93. The van der Waals surface area contributed by atoms with Gasteiger partial charge in [-0.1, -0.05) is 28.1 Å². The van der Waals surface area contributed by atoms with Crippen LogP contribution in [0.3, 0.4) is 0 Å². The van der Waals surface area contributed by atoms with Crippen LogP contribution in [0.5, 0.6) is 0 Å². The van der Waals surface area contributed by atoms with Crippen molar-refractivity contribution in [2.45, 2.75) is 18.9 Å². The van der Waals surface area contributed by atoms with E-state index in [0.29, 0.717) is 6.54 Å². The van der Waals surface area contributed by atoms with E-state index in [2.05, 4.69) is 38.1 Å².